The molecule has 0 aliphatic carbocycles. The Hall–Kier alpha value is -1.20. The van der Waals surface area contributed by atoms with Crippen LogP contribution in [0.5, 0.6) is 0 Å². The third-order valence-corrected chi connectivity index (χ3v) is 3.78. The van der Waals surface area contributed by atoms with Crippen molar-refractivity contribution in [2.24, 2.45) is 0 Å². The molecule has 2 aromatic rings. The van der Waals surface area contributed by atoms with Crippen LogP contribution in [0.4, 0.5) is 0 Å². The van der Waals surface area contributed by atoms with Gasteiger partial charge in [-0.15, -0.1) is 16.4 Å². The first-order valence-electron chi connectivity index (χ1n) is 5.01. The van der Waals surface area contributed by atoms with Gasteiger partial charge in [-0.05, 0) is 23.9 Å². The van der Waals surface area contributed by atoms with Crippen molar-refractivity contribution in [2.75, 3.05) is 13.1 Å². The van der Waals surface area contributed by atoms with Crippen molar-refractivity contribution >= 4 is 11.3 Å². The molecule has 0 bridgehead atoms. The molecular weight excluding hydrogens is 208 g/mol. The van der Waals surface area contributed by atoms with Gasteiger partial charge in [0.05, 0.1) is 17.1 Å². The summed E-state index contributed by atoms with van der Waals surface area (Å²) < 4.78 is 1.96. The fourth-order valence-corrected chi connectivity index (χ4v) is 2.53. The van der Waals surface area contributed by atoms with E-state index < -0.39 is 0 Å². The van der Waals surface area contributed by atoms with E-state index in [2.05, 4.69) is 34.0 Å². The van der Waals surface area contributed by atoms with Crippen LogP contribution in [-0.2, 0) is 0 Å². The van der Waals surface area contributed by atoms with Crippen molar-refractivity contribution in [1.82, 2.24) is 20.3 Å². The van der Waals surface area contributed by atoms with E-state index in [-0.39, 0.29) is 0 Å². The third kappa shape index (κ3) is 1.48. The van der Waals surface area contributed by atoms with E-state index in [1.54, 1.807) is 11.3 Å². The molecule has 1 fully saturated rings. The van der Waals surface area contributed by atoms with Crippen molar-refractivity contribution in [2.45, 2.75) is 13.0 Å². The van der Waals surface area contributed by atoms with Crippen molar-refractivity contribution in [1.29, 1.82) is 0 Å². The Labute approximate surface area is 91.9 Å². The number of rotatable bonds is 2. The largest absolute Gasteiger partial charge is 0.312 e. The smallest absolute Gasteiger partial charge is 0.123 e. The predicted molar refractivity (Wildman–Crippen MR) is 60.0 cm³/mol. The lowest BCUT2D eigenvalue weighted by Crippen LogP contribution is -2.43. The van der Waals surface area contributed by atoms with Gasteiger partial charge in [0, 0.05) is 13.1 Å². The zero-order valence-corrected chi connectivity index (χ0v) is 9.29. The van der Waals surface area contributed by atoms with Crippen LogP contribution in [0.2, 0.25) is 0 Å². The average molecular weight is 220 g/mol. The van der Waals surface area contributed by atoms with E-state index in [0.717, 1.165) is 18.8 Å². The number of nitrogens with zero attached hydrogens (tertiary/aromatic N) is 3. The molecule has 4 nitrogen and oxygen atoms in total. The Kier molecular flexibility index (Phi) is 2.07. The van der Waals surface area contributed by atoms with Crippen molar-refractivity contribution in [3.05, 3.63) is 23.2 Å². The molecule has 0 unspecified atom stereocenters. The van der Waals surface area contributed by atoms with E-state index in [4.69, 9.17) is 0 Å². The number of hydrogen-bond acceptors (Lipinski definition) is 4. The van der Waals surface area contributed by atoms with Gasteiger partial charge in [-0.25, -0.2) is 4.68 Å². The second-order valence-electron chi connectivity index (χ2n) is 3.83. The summed E-state index contributed by atoms with van der Waals surface area (Å²) in [6.07, 6.45) is 2.05. The number of aromatic nitrogens is 3. The van der Waals surface area contributed by atoms with Crippen LogP contribution in [0.25, 0.3) is 10.6 Å². The molecular formula is C10H12N4S. The first kappa shape index (κ1) is 9.06. The molecule has 15 heavy (non-hydrogen) atoms. The predicted octanol–water partition coefficient (Wildman–Crippen LogP) is 1.46. The van der Waals surface area contributed by atoms with E-state index in [0.29, 0.717) is 6.04 Å². The summed E-state index contributed by atoms with van der Waals surface area (Å²) in [5, 5.41) is 13.7. The van der Waals surface area contributed by atoms with Crippen molar-refractivity contribution < 1.29 is 0 Å². The first-order valence-corrected chi connectivity index (χ1v) is 5.89. The molecule has 0 amide bonds. The molecule has 1 aliphatic rings. The highest BCUT2D eigenvalue weighted by molar-refractivity contribution is 7.13. The van der Waals surface area contributed by atoms with Crippen molar-refractivity contribution in [3.8, 4) is 10.6 Å². The van der Waals surface area contributed by atoms with Gasteiger partial charge in [-0.1, -0.05) is 5.21 Å². The molecule has 5 heteroatoms. The summed E-state index contributed by atoms with van der Waals surface area (Å²) in [5.41, 5.74) is 2.27. The maximum absolute atomic E-state index is 4.22. The van der Waals surface area contributed by atoms with Gasteiger partial charge in [-0.3, -0.25) is 0 Å². The Bertz CT molecular complexity index is 469. The topological polar surface area (TPSA) is 42.7 Å². The molecule has 1 N–H and O–H groups in total. The molecule has 2 aromatic heterocycles. The molecule has 3 heterocycles. The summed E-state index contributed by atoms with van der Waals surface area (Å²) in [4.78, 5) is 1.23. The third-order valence-electron chi connectivity index (χ3n) is 2.74. The molecule has 0 radical (unpaired) electrons. The summed E-state index contributed by atoms with van der Waals surface area (Å²) in [7, 11) is 0. The minimum Gasteiger partial charge on any atom is -0.312 e. The highest BCUT2D eigenvalue weighted by Crippen LogP contribution is 2.27. The molecule has 3 rings (SSSR count). The highest BCUT2D eigenvalue weighted by Gasteiger charge is 2.20. The van der Waals surface area contributed by atoms with Gasteiger partial charge >= 0.3 is 0 Å². The van der Waals surface area contributed by atoms with Gasteiger partial charge < -0.3 is 5.32 Å². The minimum atomic E-state index is 0.492. The fourth-order valence-electron chi connectivity index (χ4n) is 1.65. The molecule has 0 spiro atoms. The van der Waals surface area contributed by atoms with Crippen molar-refractivity contribution in [3.63, 3.8) is 0 Å². The number of thiophene rings is 1. The minimum absolute atomic E-state index is 0.492. The lowest BCUT2D eigenvalue weighted by atomic mass is 10.2. The summed E-state index contributed by atoms with van der Waals surface area (Å²) in [6, 6.07) is 2.61. The lowest BCUT2D eigenvalue weighted by Gasteiger charge is -2.26. The zero-order valence-electron chi connectivity index (χ0n) is 8.47. The second-order valence-corrected chi connectivity index (χ2v) is 4.74. The second kappa shape index (κ2) is 3.43. The fraction of sp³-hybridized carbons (Fsp3) is 0.400. The van der Waals surface area contributed by atoms with Crippen LogP contribution < -0.4 is 5.32 Å². The molecule has 0 aromatic carbocycles. The molecule has 1 saturated heterocycles. The molecule has 0 saturated carbocycles. The Morgan fingerprint density at radius 2 is 2.40 bits per heavy atom. The van der Waals surface area contributed by atoms with E-state index >= 15 is 0 Å². The van der Waals surface area contributed by atoms with Crippen LogP contribution >= 0.6 is 11.3 Å². The van der Waals surface area contributed by atoms with Crippen LogP contribution in [0, 0.1) is 6.92 Å². The normalized spacial score (nSPS) is 16.6. The first-order chi connectivity index (χ1) is 7.34. The number of hydrogen-bond donors (Lipinski definition) is 1. The maximum atomic E-state index is 4.22. The monoisotopic (exact) mass is 220 g/mol. The Morgan fingerprint density at radius 3 is 3.00 bits per heavy atom. The van der Waals surface area contributed by atoms with Crippen LogP contribution in [0.1, 0.15) is 11.6 Å². The van der Waals surface area contributed by atoms with Crippen LogP contribution in [0.15, 0.2) is 17.6 Å². The van der Waals surface area contributed by atoms with Crippen LogP contribution in [-0.4, -0.2) is 28.1 Å². The van der Waals surface area contributed by atoms with Gasteiger partial charge in [0.15, 0.2) is 0 Å². The Morgan fingerprint density at radius 1 is 1.53 bits per heavy atom. The highest BCUT2D eigenvalue weighted by atomic mass is 32.1. The number of aryl methyl sites for hydroxylation is 1. The lowest BCUT2D eigenvalue weighted by molar-refractivity contribution is 0.313. The summed E-state index contributed by atoms with van der Waals surface area (Å²) in [6.45, 7) is 4.12. The molecule has 1 aliphatic heterocycles. The zero-order chi connectivity index (χ0) is 10.3. The molecule has 78 valence electrons. The van der Waals surface area contributed by atoms with E-state index in [1.807, 2.05) is 10.9 Å². The van der Waals surface area contributed by atoms with Gasteiger partial charge in [0.25, 0.3) is 0 Å². The summed E-state index contributed by atoms with van der Waals surface area (Å²) >= 11 is 1.72. The quantitative estimate of drug-likeness (QED) is 0.833. The van der Waals surface area contributed by atoms with Crippen LogP contribution in [0.3, 0.4) is 0 Å². The van der Waals surface area contributed by atoms with E-state index in [9.17, 15) is 0 Å². The standard InChI is InChI=1S/C10H12N4S/c1-7-2-3-15-10(7)9-6-14(13-12-9)8-4-11-5-8/h2-3,6,8,11H,4-5H2,1H3. The van der Waals surface area contributed by atoms with Gasteiger partial charge in [-0.2, -0.15) is 0 Å². The Balaban J connectivity index is 1.93. The van der Waals surface area contributed by atoms with Gasteiger partial charge in [0.2, 0.25) is 0 Å². The molecule has 0 atom stereocenters. The average Bonchev–Trinajstić information content (AvgIpc) is 2.70. The van der Waals surface area contributed by atoms with E-state index in [1.165, 1.54) is 10.4 Å². The summed E-state index contributed by atoms with van der Waals surface area (Å²) in [5.74, 6) is 0. The number of nitrogens with one attached hydrogen (secondary N) is 1. The van der Waals surface area contributed by atoms with Gasteiger partial charge in [0.1, 0.15) is 5.69 Å². The SMILES string of the molecule is Cc1ccsc1-c1cn(C2CNC2)nn1. The maximum Gasteiger partial charge on any atom is 0.123 e.